The van der Waals surface area contributed by atoms with Gasteiger partial charge in [-0.05, 0) is 13.3 Å². The Labute approximate surface area is 74.9 Å². The Morgan fingerprint density at radius 1 is 1.25 bits per heavy atom. The van der Waals surface area contributed by atoms with Crippen molar-refractivity contribution in [2.75, 3.05) is 0 Å². The van der Waals surface area contributed by atoms with Crippen LogP contribution in [-0.4, -0.2) is 13.4 Å². The summed E-state index contributed by atoms with van der Waals surface area (Å²) in [6.45, 7) is 3.92. The molecule has 12 heavy (non-hydrogen) atoms. The second kappa shape index (κ2) is 7.59. The topological polar surface area (TPSA) is 55.3 Å². The summed E-state index contributed by atoms with van der Waals surface area (Å²) < 4.78 is 4.52. The summed E-state index contributed by atoms with van der Waals surface area (Å²) in [6, 6.07) is 0. The molecule has 0 aliphatic carbocycles. The van der Waals surface area contributed by atoms with Gasteiger partial charge in [0.05, 0.1) is 7.32 Å². The molecule has 0 aliphatic rings. The van der Waals surface area contributed by atoms with Gasteiger partial charge in [-0.3, -0.25) is 0 Å². The highest BCUT2D eigenvalue weighted by atomic mass is 16.6. The van der Waals surface area contributed by atoms with Gasteiger partial charge in [-0.25, -0.2) is 0 Å². The first-order chi connectivity index (χ1) is 5.66. The Kier molecular flexibility index (Phi) is 7.55. The van der Waals surface area contributed by atoms with Crippen LogP contribution in [0.1, 0.15) is 46.0 Å². The number of rotatable bonds is 7. The minimum absolute atomic E-state index is 0.179. The molecule has 0 N–H and O–H groups in total. The highest BCUT2D eigenvalue weighted by Crippen LogP contribution is 2.06. The molecule has 0 amide bonds. The first-order valence-corrected chi connectivity index (χ1v) is 4.64. The Morgan fingerprint density at radius 2 is 1.92 bits per heavy atom. The Bertz CT molecular complexity index is 98.3. The molecule has 4 heteroatoms. The molecule has 0 fully saturated rings. The van der Waals surface area contributed by atoms with E-state index in [-0.39, 0.29) is 6.10 Å². The van der Waals surface area contributed by atoms with E-state index in [4.69, 9.17) is 0 Å². The minimum atomic E-state index is -2.12. The lowest BCUT2D eigenvalue weighted by atomic mass is 10.1. The van der Waals surface area contributed by atoms with Crippen molar-refractivity contribution in [1.82, 2.24) is 0 Å². The summed E-state index contributed by atoms with van der Waals surface area (Å²) in [4.78, 5) is 0. The quantitative estimate of drug-likeness (QED) is 0.403. The third-order valence-corrected chi connectivity index (χ3v) is 1.81. The van der Waals surface area contributed by atoms with Crippen LogP contribution in [0, 0.1) is 0 Å². The van der Waals surface area contributed by atoms with Crippen LogP contribution in [0.2, 0.25) is 0 Å². The molecule has 0 aliphatic heterocycles. The summed E-state index contributed by atoms with van der Waals surface area (Å²) in [6.07, 6.45) is 5.25. The van der Waals surface area contributed by atoms with E-state index in [0.29, 0.717) is 0 Å². The average molecular weight is 172 g/mol. The van der Waals surface area contributed by atoms with Crippen LogP contribution in [0.3, 0.4) is 0 Å². The van der Waals surface area contributed by atoms with Gasteiger partial charge in [0.25, 0.3) is 0 Å². The van der Waals surface area contributed by atoms with Crippen LogP contribution < -0.4 is 10.0 Å². The maximum absolute atomic E-state index is 10.0. The van der Waals surface area contributed by atoms with E-state index in [0.717, 1.165) is 19.3 Å². The van der Waals surface area contributed by atoms with E-state index in [2.05, 4.69) is 11.6 Å². The number of unbranched alkanes of at least 4 members (excludes halogenated alkanes) is 3. The molecule has 0 aromatic rings. The highest BCUT2D eigenvalue weighted by Gasteiger charge is 1.98. The van der Waals surface area contributed by atoms with Crippen LogP contribution in [0.5, 0.6) is 0 Å². The van der Waals surface area contributed by atoms with Crippen molar-refractivity contribution >= 4 is 7.32 Å². The van der Waals surface area contributed by atoms with Gasteiger partial charge in [0.15, 0.2) is 0 Å². The molecule has 0 radical (unpaired) electrons. The molecule has 0 bridgehead atoms. The number of hydrogen-bond donors (Lipinski definition) is 0. The van der Waals surface area contributed by atoms with Crippen molar-refractivity contribution in [3.63, 3.8) is 0 Å². The van der Waals surface area contributed by atoms with E-state index in [9.17, 15) is 10.0 Å². The third kappa shape index (κ3) is 8.05. The zero-order valence-corrected chi connectivity index (χ0v) is 7.91. The predicted octanol–water partition coefficient (Wildman–Crippen LogP) is 0.0674. The van der Waals surface area contributed by atoms with Crippen LogP contribution in [0.25, 0.3) is 0 Å². The lowest BCUT2D eigenvalue weighted by Crippen LogP contribution is -2.49. The Balaban J connectivity index is 3.14. The summed E-state index contributed by atoms with van der Waals surface area (Å²) in [5.41, 5.74) is 0. The van der Waals surface area contributed by atoms with Crippen molar-refractivity contribution in [2.24, 2.45) is 0 Å². The molecular weight excluding hydrogens is 155 g/mol. The molecule has 0 spiro atoms. The lowest BCUT2D eigenvalue weighted by molar-refractivity contribution is -0.384. The maximum Gasteiger partial charge on any atom is 0.0607 e. The molecule has 3 nitrogen and oxygen atoms in total. The fraction of sp³-hybridized carbons (Fsp3) is 1.00. The van der Waals surface area contributed by atoms with Gasteiger partial charge >= 0.3 is 0 Å². The normalized spacial score (nSPS) is 13.0. The maximum atomic E-state index is 10.0. The molecule has 0 aromatic carbocycles. The van der Waals surface area contributed by atoms with Gasteiger partial charge in [-0.1, -0.05) is 32.6 Å². The minimum Gasteiger partial charge on any atom is -0.871 e. The first kappa shape index (κ1) is 11.9. The van der Waals surface area contributed by atoms with Crippen LogP contribution in [-0.2, 0) is 4.65 Å². The van der Waals surface area contributed by atoms with Crippen molar-refractivity contribution in [2.45, 2.75) is 52.1 Å². The molecule has 0 saturated carbocycles. The van der Waals surface area contributed by atoms with Crippen molar-refractivity contribution in [3.05, 3.63) is 0 Å². The number of hydrogen-bond acceptors (Lipinski definition) is 3. The van der Waals surface area contributed by atoms with E-state index in [1.807, 2.05) is 0 Å². The van der Waals surface area contributed by atoms with Gasteiger partial charge in [0.2, 0.25) is 0 Å². The van der Waals surface area contributed by atoms with Crippen LogP contribution in [0.15, 0.2) is 0 Å². The van der Waals surface area contributed by atoms with E-state index in [1.165, 1.54) is 12.8 Å². The standard InChI is InChI=1S/C8H17BO3/c1-3-4-5-6-7-8(2)12-9(10)11/h8H,3-7H2,1-2H3/q-2. The fourth-order valence-corrected chi connectivity index (χ4v) is 1.12. The third-order valence-electron chi connectivity index (χ3n) is 1.81. The van der Waals surface area contributed by atoms with Gasteiger partial charge < -0.3 is 14.7 Å². The van der Waals surface area contributed by atoms with Crippen molar-refractivity contribution < 1.29 is 14.7 Å². The molecule has 0 aromatic heterocycles. The predicted molar refractivity (Wildman–Crippen MR) is 45.1 cm³/mol. The Morgan fingerprint density at radius 3 is 2.42 bits per heavy atom. The highest BCUT2D eigenvalue weighted by molar-refractivity contribution is 6.28. The summed E-state index contributed by atoms with van der Waals surface area (Å²) in [5, 5.41) is 20.1. The smallest absolute Gasteiger partial charge is 0.0607 e. The second-order valence-corrected chi connectivity index (χ2v) is 3.08. The van der Waals surface area contributed by atoms with Gasteiger partial charge in [0, 0.05) is 6.10 Å². The molecule has 0 heterocycles. The van der Waals surface area contributed by atoms with E-state index >= 15 is 0 Å². The zero-order valence-electron chi connectivity index (χ0n) is 7.91. The zero-order chi connectivity index (χ0) is 9.40. The van der Waals surface area contributed by atoms with Crippen molar-refractivity contribution in [3.8, 4) is 0 Å². The molecule has 0 saturated heterocycles. The van der Waals surface area contributed by atoms with Crippen molar-refractivity contribution in [1.29, 1.82) is 0 Å². The summed E-state index contributed by atoms with van der Waals surface area (Å²) in [7, 11) is -2.12. The molecule has 0 rings (SSSR count). The van der Waals surface area contributed by atoms with Gasteiger partial charge in [0.1, 0.15) is 0 Å². The fourth-order valence-electron chi connectivity index (χ4n) is 1.12. The Hall–Kier alpha value is -0.0551. The molecule has 1 unspecified atom stereocenters. The largest absolute Gasteiger partial charge is 0.871 e. The molecule has 72 valence electrons. The van der Waals surface area contributed by atoms with Gasteiger partial charge in [-0.2, -0.15) is 0 Å². The SMILES string of the molecule is CCCCCCC(C)OB([O-])[O-]. The van der Waals surface area contributed by atoms with E-state index < -0.39 is 7.32 Å². The van der Waals surface area contributed by atoms with Crippen LogP contribution in [0.4, 0.5) is 0 Å². The second-order valence-electron chi connectivity index (χ2n) is 3.08. The monoisotopic (exact) mass is 172 g/mol. The lowest BCUT2D eigenvalue weighted by Gasteiger charge is -2.30. The van der Waals surface area contributed by atoms with Crippen LogP contribution >= 0.6 is 0 Å². The summed E-state index contributed by atoms with van der Waals surface area (Å²) >= 11 is 0. The average Bonchev–Trinajstić information content (AvgIpc) is 1.97. The van der Waals surface area contributed by atoms with Gasteiger partial charge in [-0.15, -0.1) is 0 Å². The summed E-state index contributed by atoms with van der Waals surface area (Å²) in [5.74, 6) is 0. The first-order valence-electron chi connectivity index (χ1n) is 4.64. The molecule has 1 atom stereocenters. The van der Waals surface area contributed by atoms with E-state index in [1.54, 1.807) is 6.92 Å². The molecular formula is C8H17BO3-2.